The van der Waals surface area contributed by atoms with Crippen LogP contribution in [0.25, 0.3) is 0 Å². The Labute approximate surface area is 167 Å². The molecule has 0 bridgehead atoms. The minimum atomic E-state index is -0.377. The van der Waals surface area contributed by atoms with Crippen LogP contribution in [0.1, 0.15) is 27.1 Å². The molecule has 2 aliphatic rings. The average molecular weight is 393 g/mol. The smallest absolute Gasteiger partial charge is 0.261 e. The minimum Gasteiger partial charge on any atom is -0.370 e. The van der Waals surface area contributed by atoms with Crippen LogP contribution in [0, 0.1) is 0 Å². The van der Waals surface area contributed by atoms with Gasteiger partial charge in [-0.05, 0) is 36.4 Å². The van der Waals surface area contributed by atoms with Gasteiger partial charge >= 0.3 is 0 Å². The molecule has 29 heavy (non-hydrogen) atoms. The van der Waals surface area contributed by atoms with Crippen LogP contribution in [-0.4, -0.2) is 54.8 Å². The lowest BCUT2D eigenvalue weighted by Gasteiger charge is -2.26. The van der Waals surface area contributed by atoms with Gasteiger partial charge in [0.25, 0.3) is 17.7 Å². The molecule has 1 fully saturated rings. The second kappa shape index (κ2) is 7.84. The Kier molecular flexibility index (Phi) is 5.09. The van der Waals surface area contributed by atoms with E-state index in [0.717, 1.165) is 10.6 Å². The summed E-state index contributed by atoms with van der Waals surface area (Å²) in [5, 5.41) is 2.74. The van der Waals surface area contributed by atoms with Gasteiger partial charge in [0.05, 0.1) is 17.7 Å². The van der Waals surface area contributed by atoms with Crippen molar-refractivity contribution >= 4 is 35.0 Å². The van der Waals surface area contributed by atoms with Crippen molar-refractivity contribution in [1.29, 1.82) is 0 Å². The second-order valence-corrected chi connectivity index (χ2v) is 6.75. The first-order valence-electron chi connectivity index (χ1n) is 9.28. The summed E-state index contributed by atoms with van der Waals surface area (Å²) < 4.78 is 5.11. The molecule has 4 amide bonds. The SMILES string of the molecule is O=C(CCN1C(=O)c2ccccc2C1=O)Nc1ccc(N2CCOCC2=O)cc1. The van der Waals surface area contributed by atoms with E-state index in [4.69, 9.17) is 4.74 Å². The van der Waals surface area contributed by atoms with Crippen molar-refractivity contribution < 1.29 is 23.9 Å². The van der Waals surface area contributed by atoms with Gasteiger partial charge in [-0.3, -0.25) is 24.1 Å². The van der Waals surface area contributed by atoms with Gasteiger partial charge in [-0.1, -0.05) is 12.1 Å². The number of imide groups is 1. The number of anilines is 2. The van der Waals surface area contributed by atoms with Gasteiger partial charge in [-0.15, -0.1) is 0 Å². The summed E-state index contributed by atoms with van der Waals surface area (Å²) >= 11 is 0. The van der Waals surface area contributed by atoms with E-state index < -0.39 is 0 Å². The van der Waals surface area contributed by atoms with Crippen molar-refractivity contribution in [3.8, 4) is 0 Å². The lowest BCUT2D eigenvalue weighted by atomic mass is 10.1. The van der Waals surface area contributed by atoms with E-state index >= 15 is 0 Å². The molecule has 2 aromatic rings. The molecule has 148 valence electrons. The molecule has 8 nitrogen and oxygen atoms in total. The molecule has 4 rings (SSSR count). The number of benzene rings is 2. The van der Waals surface area contributed by atoms with Crippen LogP contribution >= 0.6 is 0 Å². The Morgan fingerprint density at radius 2 is 1.62 bits per heavy atom. The topological polar surface area (TPSA) is 96.0 Å². The molecule has 0 aromatic heterocycles. The molecule has 0 radical (unpaired) electrons. The van der Waals surface area contributed by atoms with Crippen LogP contribution in [0.15, 0.2) is 48.5 Å². The van der Waals surface area contributed by atoms with Gasteiger partial charge in [0.1, 0.15) is 6.61 Å². The zero-order chi connectivity index (χ0) is 20.4. The van der Waals surface area contributed by atoms with Crippen molar-refractivity contribution in [1.82, 2.24) is 4.90 Å². The first kappa shape index (κ1) is 18.8. The molecule has 0 saturated carbocycles. The van der Waals surface area contributed by atoms with Crippen molar-refractivity contribution in [3.05, 3.63) is 59.7 Å². The normalized spacial score (nSPS) is 16.2. The summed E-state index contributed by atoms with van der Waals surface area (Å²) in [5.41, 5.74) is 2.04. The number of nitrogens with zero attached hydrogens (tertiary/aromatic N) is 2. The fraction of sp³-hybridized carbons (Fsp3) is 0.238. The molecule has 2 aromatic carbocycles. The van der Waals surface area contributed by atoms with Crippen LogP contribution in [0.3, 0.4) is 0 Å². The quantitative estimate of drug-likeness (QED) is 0.780. The Bertz CT molecular complexity index is 951. The number of hydrogen-bond donors (Lipinski definition) is 1. The maximum Gasteiger partial charge on any atom is 0.261 e. The maximum atomic E-state index is 12.3. The fourth-order valence-electron chi connectivity index (χ4n) is 3.39. The zero-order valence-corrected chi connectivity index (χ0v) is 15.6. The van der Waals surface area contributed by atoms with Crippen LogP contribution in [0.5, 0.6) is 0 Å². The van der Waals surface area contributed by atoms with Crippen LogP contribution in [0.4, 0.5) is 11.4 Å². The summed E-state index contributed by atoms with van der Waals surface area (Å²) in [4.78, 5) is 51.5. The third-order valence-electron chi connectivity index (χ3n) is 4.89. The predicted molar refractivity (Wildman–Crippen MR) is 105 cm³/mol. The highest BCUT2D eigenvalue weighted by atomic mass is 16.5. The van der Waals surface area contributed by atoms with E-state index in [1.807, 2.05) is 0 Å². The van der Waals surface area contributed by atoms with E-state index in [1.165, 1.54) is 0 Å². The molecule has 0 unspecified atom stereocenters. The van der Waals surface area contributed by atoms with Crippen molar-refractivity contribution in [2.24, 2.45) is 0 Å². The third kappa shape index (κ3) is 3.74. The van der Waals surface area contributed by atoms with E-state index in [9.17, 15) is 19.2 Å². The van der Waals surface area contributed by atoms with Crippen LogP contribution < -0.4 is 10.2 Å². The van der Waals surface area contributed by atoms with Gasteiger partial charge < -0.3 is 15.0 Å². The zero-order valence-electron chi connectivity index (χ0n) is 15.6. The van der Waals surface area contributed by atoms with Crippen molar-refractivity contribution in [3.63, 3.8) is 0 Å². The van der Waals surface area contributed by atoms with E-state index in [0.29, 0.717) is 30.0 Å². The molecule has 0 aliphatic carbocycles. The standard InChI is InChI=1S/C21H19N3O5/c25-18(9-10-24-20(27)16-3-1-2-4-17(16)21(24)28)22-14-5-7-15(8-6-14)23-11-12-29-13-19(23)26/h1-8H,9-13H2,(H,22,25). The lowest BCUT2D eigenvalue weighted by molar-refractivity contribution is -0.125. The maximum absolute atomic E-state index is 12.3. The number of hydrogen-bond acceptors (Lipinski definition) is 5. The number of amides is 4. The van der Waals surface area contributed by atoms with Crippen LogP contribution in [0.2, 0.25) is 0 Å². The molecule has 1 N–H and O–H groups in total. The number of ether oxygens (including phenoxy) is 1. The number of morpholine rings is 1. The molecule has 0 spiro atoms. The van der Waals surface area contributed by atoms with Crippen molar-refractivity contribution in [2.75, 3.05) is 36.5 Å². The molecule has 0 atom stereocenters. The van der Waals surface area contributed by atoms with Gasteiger partial charge in [-0.2, -0.15) is 0 Å². The number of fused-ring (bicyclic) bond motifs is 1. The van der Waals surface area contributed by atoms with Gasteiger partial charge in [0.15, 0.2) is 0 Å². The minimum absolute atomic E-state index is 0.00479. The first-order chi connectivity index (χ1) is 14.0. The van der Waals surface area contributed by atoms with Crippen LogP contribution in [-0.2, 0) is 14.3 Å². The second-order valence-electron chi connectivity index (χ2n) is 6.75. The van der Waals surface area contributed by atoms with E-state index in [-0.39, 0.29) is 43.2 Å². The van der Waals surface area contributed by atoms with E-state index in [2.05, 4.69) is 5.32 Å². The largest absolute Gasteiger partial charge is 0.370 e. The molecule has 2 heterocycles. The summed E-state index contributed by atoms with van der Waals surface area (Å²) in [6, 6.07) is 13.5. The number of carbonyl (C=O) groups excluding carboxylic acids is 4. The first-order valence-corrected chi connectivity index (χ1v) is 9.28. The molecule has 8 heteroatoms. The summed E-state index contributed by atoms with van der Waals surface area (Å²) in [5.74, 6) is -1.17. The highest BCUT2D eigenvalue weighted by Gasteiger charge is 2.34. The van der Waals surface area contributed by atoms with E-state index in [1.54, 1.807) is 53.4 Å². The lowest BCUT2D eigenvalue weighted by Crippen LogP contribution is -2.41. The van der Waals surface area contributed by atoms with Gasteiger partial charge in [0.2, 0.25) is 5.91 Å². The Hall–Kier alpha value is -3.52. The average Bonchev–Trinajstić information content (AvgIpc) is 2.98. The summed E-state index contributed by atoms with van der Waals surface area (Å²) in [7, 11) is 0. The number of nitrogens with one attached hydrogen (secondary N) is 1. The summed E-state index contributed by atoms with van der Waals surface area (Å²) in [6.45, 7) is 1.06. The summed E-state index contributed by atoms with van der Waals surface area (Å²) in [6.07, 6.45) is -0.00479. The molecule has 1 saturated heterocycles. The number of rotatable bonds is 5. The highest BCUT2D eigenvalue weighted by molar-refractivity contribution is 6.21. The van der Waals surface area contributed by atoms with Gasteiger partial charge in [-0.25, -0.2) is 0 Å². The fourth-order valence-corrected chi connectivity index (χ4v) is 3.39. The highest BCUT2D eigenvalue weighted by Crippen LogP contribution is 2.23. The predicted octanol–water partition coefficient (Wildman–Crippen LogP) is 1.67. The molecule has 2 aliphatic heterocycles. The Morgan fingerprint density at radius 1 is 0.966 bits per heavy atom. The van der Waals surface area contributed by atoms with Crippen molar-refractivity contribution in [2.45, 2.75) is 6.42 Å². The Morgan fingerprint density at radius 3 is 2.24 bits per heavy atom. The molecular formula is C21H19N3O5. The number of carbonyl (C=O) groups is 4. The third-order valence-corrected chi connectivity index (χ3v) is 4.89. The van der Waals surface area contributed by atoms with Gasteiger partial charge in [0, 0.05) is 30.9 Å². The molecular weight excluding hydrogens is 374 g/mol. The monoisotopic (exact) mass is 393 g/mol. The Balaban J connectivity index is 1.33.